The Morgan fingerprint density at radius 2 is 0.605 bits per heavy atom. The van der Waals surface area contributed by atoms with Crippen LogP contribution in [0.2, 0.25) is 0 Å². The maximum Gasteiger partial charge on any atom is 0.0506 e. The molecule has 0 unspecified atom stereocenters. The molecule has 0 spiro atoms. The van der Waals surface area contributed by atoms with Crippen LogP contribution >= 0.6 is 11.3 Å². The lowest BCUT2D eigenvalue weighted by molar-refractivity contribution is 0.129. The molecule has 1 heterocycles. The zero-order chi connectivity index (χ0) is 30.7. The highest BCUT2D eigenvalue weighted by atomic mass is 32.1. The summed E-state index contributed by atoms with van der Waals surface area (Å²) in [5, 5.41) is 4.64. The topological polar surface area (TPSA) is 18.5 Å². The van der Waals surface area contributed by atoms with Gasteiger partial charge in [-0.2, -0.15) is 11.3 Å². The molecule has 0 aliphatic rings. The van der Waals surface area contributed by atoms with Crippen LogP contribution in [0.5, 0.6) is 0 Å². The highest BCUT2D eigenvalue weighted by Gasteiger charge is 2.05. The predicted octanol–water partition coefficient (Wildman–Crippen LogP) is 13.8. The summed E-state index contributed by atoms with van der Waals surface area (Å²) >= 11 is 1.83. The molecular formula is C40H76O2S. The first-order valence-corrected chi connectivity index (χ1v) is 20.5. The van der Waals surface area contributed by atoms with E-state index in [1.807, 2.05) is 11.3 Å². The van der Waals surface area contributed by atoms with E-state index in [4.69, 9.17) is 9.47 Å². The molecule has 0 aromatic carbocycles. The SMILES string of the molecule is CCCCCCCCCCCCCCCCOCCc1cscc1CCOCCCCCCCCCCCCCCCC. The Kier molecular flexibility index (Phi) is 32.6. The summed E-state index contributed by atoms with van der Waals surface area (Å²) in [6, 6.07) is 0. The third-order valence-electron chi connectivity index (χ3n) is 9.15. The van der Waals surface area contributed by atoms with Crippen LogP contribution in [0.25, 0.3) is 0 Å². The Morgan fingerprint density at radius 1 is 0.349 bits per heavy atom. The summed E-state index contributed by atoms with van der Waals surface area (Å²) in [6.45, 7) is 8.19. The molecule has 254 valence electrons. The second kappa shape index (κ2) is 34.5. The largest absolute Gasteiger partial charge is 0.381 e. The van der Waals surface area contributed by atoms with Crippen molar-refractivity contribution in [2.75, 3.05) is 26.4 Å². The van der Waals surface area contributed by atoms with E-state index in [-0.39, 0.29) is 0 Å². The summed E-state index contributed by atoms with van der Waals surface area (Å²) < 4.78 is 12.0. The molecule has 0 saturated heterocycles. The van der Waals surface area contributed by atoms with Crippen LogP contribution in [0.15, 0.2) is 10.8 Å². The monoisotopic (exact) mass is 621 g/mol. The lowest BCUT2D eigenvalue weighted by atomic mass is 10.0. The van der Waals surface area contributed by atoms with Crippen molar-refractivity contribution in [2.45, 2.75) is 206 Å². The molecule has 43 heavy (non-hydrogen) atoms. The maximum absolute atomic E-state index is 5.98. The zero-order valence-corrected chi connectivity index (χ0v) is 30.2. The second-order valence-corrected chi connectivity index (χ2v) is 14.1. The van der Waals surface area contributed by atoms with Crippen LogP contribution in [0.4, 0.5) is 0 Å². The van der Waals surface area contributed by atoms with Gasteiger partial charge in [-0.3, -0.25) is 0 Å². The fourth-order valence-electron chi connectivity index (χ4n) is 6.15. The van der Waals surface area contributed by atoms with E-state index in [1.54, 1.807) is 0 Å². The minimum atomic E-state index is 0.863. The van der Waals surface area contributed by atoms with E-state index in [1.165, 1.54) is 191 Å². The molecule has 0 atom stereocenters. The van der Waals surface area contributed by atoms with Gasteiger partial charge in [-0.05, 0) is 47.6 Å². The van der Waals surface area contributed by atoms with Crippen LogP contribution in [-0.2, 0) is 22.3 Å². The van der Waals surface area contributed by atoms with Gasteiger partial charge in [0.25, 0.3) is 0 Å². The van der Waals surface area contributed by atoms with Crippen LogP contribution in [0.3, 0.4) is 0 Å². The molecule has 0 N–H and O–H groups in total. The lowest BCUT2D eigenvalue weighted by Gasteiger charge is -2.07. The summed E-state index contributed by atoms with van der Waals surface area (Å²) in [5.74, 6) is 0. The van der Waals surface area contributed by atoms with Gasteiger partial charge in [-0.1, -0.05) is 181 Å². The molecule has 0 aliphatic carbocycles. The van der Waals surface area contributed by atoms with Gasteiger partial charge in [0.15, 0.2) is 0 Å². The quantitative estimate of drug-likeness (QED) is 0.0695. The summed E-state index contributed by atoms with van der Waals surface area (Å²) in [7, 11) is 0. The van der Waals surface area contributed by atoms with Crippen molar-refractivity contribution in [3.8, 4) is 0 Å². The maximum atomic E-state index is 5.98. The molecule has 1 rings (SSSR count). The van der Waals surface area contributed by atoms with Crippen molar-refractivity contribution >= 4 is 11.3 Å². The minimum absolute atomic E-state index is 0.863. The standard InChI is InChI=1S/C40H76O2S/c1-3-5-7-9-11-13-15-17-19-21-23-25-27-29-33-41-35-31-39-37-43-38-40(39)32-36-42-34-30-28-26-24-22-20-18-16-14-12-10-8-6-4-2/h37-38H,3-36H2,1-2H3. The van der Waals surface area contributed by atoms with Crippen LogP contribution in [-0.4, -0.2) is 26.4 Å². The first-order valence-electron chi connectivity index (χ1n) is 19.6. The molecule has 0 saturated carbocycles. The second-order valence-electron chi connectivity index (χ2n) is 13.3. The highest BCUT2D eigenvalue weighted by molar-refractivity contribution is 7.08. The van der Waals surface area contributed by atoms with Crippen LogP contribution < -0.4 is 0 Å². The Hall–Kier alpha value is -0.380. The Bertz CT molecular complexity index is 590. The first-order chi connectivity index (χ1) is 21.4. The van der Waals surface area contributed by atoms with Crippen molar-refractivity contribution in [1.82, 2.24) is 0 Å². The third-order valence-corrected chi connectivity index (χ3v) is 9.99. The van der Waals surface area contributed by atoms with E-state index >= 15 is 0 Å². The molecule has 0 bridgehead atoms. The predicted molar refractivity (Wildman–Crippen MR) is 194 cm³/mol. The van der Waals surface area contributed by atoms with Crippen LogP contribution in [0, 0.1) is 0 Å². The van der Waals surface area contributed by atoms with Gasteiger partial charge in [0.05, 0.1) is 13.2 Å². The van der Waals surface area contributed by atoms with E-state index in [9.17, 15) is 0 Å². The smallest absolute Gasteiger partial charge is 0.0506 e. The fourth-order valence-corrected chi connectivity index (χ4v) is 7.09. The van der Waals surface area contributed by atoms with Gasteiger partial charge in [-0.15, -0.1) is 0 Å². The van der Waals surface area contributed by atoms with Gasteiger partial charge >= 0.3 is 0 Å². The van der Waals surface area contributed by atoms with Crippen molar-refractivity contribution in [2.24, 2.45) is 0 Å². The molecule has 0 radical (unpaired) electrons. The Labute approximate surface area is 274 Å². The van der Waals surface area contributed by atoms with E-state index in [2.05, 4.69) is 24.6 Å². The Balaban J connectivity index is 1.81. The normalized spacial score (nSPS) is 11.6. The number of thiophene rings is 1. The Morgan fingerprint density at radius 3 is 0.884 bits per heavy atom. The van der Waals surface area contributed by atoms with E-state index < -0.39 is 0 Å². The van der Waals surface area contributed by atoms with E-state index in [0.29, 0.717) is 0 Å². The molecule has 3 heteroatoms. The summed E-state index contributed by atoms with van der Waals surface area (Å²) in [5.41, 5.74) is 2.96. The van der Waals surface area contributed by atoms with E-state index in [0.717, 1.165) is 39.3 Å². The number of ether oxygens (including phenoxy) is 2. The summed E-state index contributed by atoms with van der Waals surface area (Å²) in [4.78, 5) is 0. The third kappa shape index (κ3) is 28.8. The molecule has 1 aromatic rings. The van der Waals surface area contributed by atoms with Crippen molar-refractivity contribution < 1.29 is 9.47 Å². The number of hydrogen-bond donors (Lipinski definition) is 0. The molecule has 0 fully saturated rings. The number of hydrogen-bond acceptors (Lipinski definition) is 3. The average Bonchev–Trinajstić information content (AvgIpc) is 3.47. The van der Waals surface area contributed by atoms with Gasteiger partial charge in [-0.25, -0.2) is 0 Å². The number of unbranched alkanes of at least 4 members (excludes halogenated alkanes) is 26. The van der Waals surface area contributed by atoms with Crippen LogP contribution in [0.1, 0.15) is 205 Å². The lowest BCUT2D eigenvalue weighted by Crippen LogP contribution is -2.04. The molecular weight excluding hydrogens is 545 g/mol. The van der Waals surface area contributed by atoms with Gasteiger partial charge in [0, 0.05) is 13.2 Å². The zero-order valence-electron chi connectivity index (χ0n) is 29.4. The first kappa shape index (κ1) is 40.6. The minimum Gasteiger partial charge on any atom is -0.381 e. The highest BCUT2D eigenvalue weighted by Crippen LogP contribution is 2.18. The van der Waals surface area contributed by atoms with Crippen molar-refractivity contribution in [1.29, 1.82) is 0 Å². The fraction of sp³-hybridized carbons (Fsp3) is 0.900. The molecule has 1 aromatic heterocycles. The van der Waals surface area contributed by atoms with Crippen molar-refractivity contribution in [3.05, 3.63) is 21.9 Å². The van der Waals surface area contributed by atoms with Gasteiger partial charge in [0.2, 0.25) is 0 Å². The number of rotatable bonds is 36. The molecule has 0 amide bonds. The molecule has 2 nitrogen and oxygen atoms in total. The molecule has 0 aliphatic heterocycles. The van der Waals surface area contributed by atoms with Gasteiger partial charge in [0.1, 0.15) is 0 Å². The average molecular weight is 621 g/mol. The van der Waals surface area contributed by atoms with Crippen molar-refractivity contribution in [3.63, 3.8) is 0 Å². The summed E-state index contributed by atoms with van der Waals surface area (Å²) in [6.07, 6.45) is 41.6. The van der Waals surface area contributed by atoms with Gasteiger partial charge < -0.3 is 9.47 Å².